The van der Waals surface area contributed by atoms with Gasteiger partial charge in [-0.1, -0.05) is 41.9 Å². The fraction of sp³-hybridized carbons (Fsp3) is 0.250. The molecular weight excluding hydrogens is 364 g/mol. The van der Waals surface area contributed by atoms with Gasteiger partial charge in [-0.25, -0.2) is 4.98 Å². The summed E-state index contributed by atoms with van der Waals surface area (Å²) < 4.78 is 0. The summed E-state index contributed by atoms with van der Waals surface area (Å²) in [5.74, 6) is -0.496. The first kappa shape index (κ1) is 17.5. The Hall–Kier alpha value is -2.86. The van der Waals surface area contributed by atoms with Crippen LogP contribution in [0.3, 0.4) is 0 Å². The maximum Gasteiger partial charge on any atom is 0.268 e. The Balaban J connectivity index is 1.53. The number of pyridine rings is 1. The van der Waals surface area contributed by atoms with Crippen molar-refractivity contribution in [2.45, 2.75) is 31.3 Å². The highest BCUT2D eigenvalue weighted by atomic mass is 35.5. The minimum atomic E-state index is -0.645. The zero-order valence-corrected chi connectivity index (χ0v) is 15.3. The normalized spacial score (nSPS) is 14.7. The molecule has 0 unspecified atom stereocenters. The van der Waals surface area contributed by atoms with Gasteiger partial charge in [0.05, 0.1) is 11.7 Å². The summed E-state index contributed by atoms with van der Waals surface area (Å²) in [5.41, 5.74) is 2.07. The Morgan fingerprint density at radius 1 is 1.22 bits per heavy atom. The molecule has 138 valence electrons. The van der Waals surface area contributed by atoms with Crippen LogP contribution >= 0.6 is 11.6 Å². The first-order valence-electron chi connectivity index (χ1n) is 8.88. The predicted molar refractivity (Wildman–Crippen MR) is 104 cm³/mol. The van der Waals surface area contributed by atoms with E-state index in [4.69, 9.17) is 11.6 Å². The van der Waals surface area contributed by atoms with Crippen molar-refractivity contribution in [2.75, 3.05) is 0 Å². The van der Waals surface area contributed by atoms with Crippen LogP contribution in [0.2, 0.25) is 5.15 Å². The van der Waals surface area contributed by atoms with Gasteiger partial charge in [0.15, 0.2) is 0 Å². The number of aromatic nitrogens is 2. The molecular formula is C20H19ClN4O2. The van der Waals surface area contributed by atoms with Crippen molar-refractivity contribution in [3.05, 3.63) is 65.1 Å². The van der Waals surface area contributed by atoms with Crippen molar-refractivity contribution in [2.24, 2.45) is 0 Å². The Labute approximate surface area is 161 Å². The molecule has 2 heterocycles. The molecule has 1 aliphatic rings. The number of nitrogens with one attached hydrogen (secondary N) is 3. The first-order valence-corrected chi connectivity index (χ1v) is 9.26. The molecule has 27 heavy (non-hydrogen) atoms. The molecule has 3 N–H and O–H groups in total. The van der Waals surface area contributed by atoms with Crippen molar-refractivity contribution < 1.29 is 9.59 Å². The van der Waals surface area contributed by atoms with Crippen molar-refractivity contribution in [3.63, 3.8) is 0 Å². The van der Waals surface area contributed by atoms with Gasteiger partial charge in [0.25, 0.3) is 5.91 Å². The quantitative estimate of drug-likeness (QED) is 0.573. The Morgan fingerprint density at radius 2 is 2.00 bits per heavy atom. The number of halogens is 1. The SMILES string of the molecule is O=C(N[C@@H](Cc1ccccc1)C(=O)NC1CC1)c1cc2cc(Cl)ncc2[nH]1. The molecule has 1 aromatic carbocycles. The van der Waals surface area contributed by atoms with E-state index in [0.29, 0.717) is 22.8 Å². The van der Waals surface area contributed by atoms with Crippen LogP contribution in [0.5, 0.6) is 0 Å². The van der Waals surface area contributed by atoms with E-state index in [1.807, 2.05) is 30.3 Å². The minimum absolute atomic E-state index is 0.157. The second-order valence-electron chi connectivity index (χ2n) is 6.78. The lowest BCUT2D eigenvalue weighted by atomic mass is 10.0. The van der Waals surface area contributed by atoms with Gasteiger partial charge in [-0.3, -0.25) is 9.59 Å². The van der Waals surface area contributed by atoms with Crippen LogP contribution in [0.25, 0.3) is 10.9 Å². The molecule has 4 rings (SSSR count). The smallest absolute Gasteiger partial charge is 0.268 e. The molecule has 3 aromatic rings. The van der Waals surface area contributed by atoms with E-state index in [-0.39, 0.29) is 17.9 Å². The van der Waals surface area contributed by atoms with Crippen LogP contribution in [0.4, 0.5) is 0 Å². The number of carbonyl (C=O) groups is 2. The van der Waals surface area contributed by atoms with E-state index in [0.717, 1.165) is 23.8 Å². The number of fused-ring (bicyclic) bond motifs is 1. The highest BCUT2D eigenvalue weighted by Crippen LogP contribution is 2.20. The largest absolute Gasteiger partial charge is 0.352 e. The zero-order chi connectivity index (χ0) is 18.8. The molecule has 0 saturated heterocycles. The highest BCUT2D eigenvalue weighted by Gasteiger charge is 2.29. The lowest BCUT2D eigenvalue weighted by molar-refractivity contribution is -0.123. The maximum atomic E-state index is 12.7. The van der Waals surface area contributed by atoms with E-state index < -0.39 is 6.04 Å². The maximum absolute atomic E-state index is 12.7. The summed E-state index contributed by atoms with van der Waals surface area (Å²) >= 11 is 5.90. The van der Waals surface area contributed by atoms with Gasteiger partial charge >= 0.3 is 0 Å². The zero-order valence-electron chi connectivity index (χ0n) is 14.5. The molecule has 1 atom stereocenters. The Morgan fingerprint density at radius 3 is 2.74 bits per heavy atom. The molecule has 6 nitrogen and oxygen atoms in total. The third-order valence-corrected chi connectivity index (χ3v) is 4.75. The third-order valence-electron chi connectivity index (χ3n) is 4.54. The van der Waals surface area contributed by atoms with Gasteiger partial charge < -0.3 is 15.6 Å². The van der Waals surface area contributed by atoms with Crippen molar-refractivity contribution >= 4 is 34.3 Å². The van der Waals surface area contributed by atoms with E-state index >= 15 is 0 Å². The van der Waals surface area contributed by atoms with E-state index in [2.05, 4.69) is 20.6 Å². The number of benzene rings is 1. The van der Waals surface area contributed by atoms with Crippen LogP contribution < -0.4 is 10.6 Å². The van der Waals surface area contributed by atoms with Gasteiger partial charge in [-0.15, -0.1) is 0 Å². The van der Waals surface area contributed by atoms with Crippen LogP contribution in [-0.4, -0.2) is 33.9 Å². The molecule has 2 amide bonds. The standard InChI is InChI=1S/C20H19ClN4O2/c21-18-10-13-9-16(24-17(13)11-22-18)20(27)25-15(19(26)23-14-6-7-14)8-12-4-2-1-3-5-12/h1-5,9-11,14-15,24H,6-8H2,(H,23,26)(H,25,27)/t15-/m0/s1. The van der Waals surface area contributed by atoms with Crippen molar-refractivity contribution in [1.29, 1.82) is 0 Å². The summed E-state index contributed by atoms with van der Waals surface area (Å²) in [6.45, 7) is 0. The number of amides is 2. The van der Waals surface area contributed by atoms with Crippen LogP contribution in [-0.2, 0) is 11.2 Å². The van der Waals surface area contributed by atoms with Crippen LogP contribution in [0.15, 0.2) is 48.7 Å². The third kappa shape index (κ3) is 4.28. The fourth-order valence-corrected chi connectivity index (χ4v) is 3.12. The highest BCUT2D eigenvalue weighted by molar-refractivity contribution is 6.30. The average Bonchev–Trinajstić information content (AvgIpc) is 3.37. The van der Waals surface area contributed by atoms with Gasteiger partial charge in [0.1, 0.15) is 16.9 Å². The molecule has 0 radical (unpaired) electrons. The van der Waals surface area contributed by atoms with Gasteiger partial charge in [-0.2, -0.15) is 0 Å². The number of nitrogens with zero attached hydrogens (tertiary/aromatic N) is 1. The second-order valence-corrected chi connectivity index (χ2v) is 7.16. The van der Waals surface area contributed by atoms with Gasteiger partial charge in [-0.05, 0) is 30.5 Å². The molecule has 1 saturated carbocycles. The van der Waals surface area contributed by atoms with E-state index in [9.17, 15) is 9.59 Å². The average molecular weight is 383 g/mol. The predicted octanol–water partition coefficient (Wildman–Crippen LogP) is 2.84. The molecule has 0 aliphatic heterocycles. The summed E-state index contributed by atoms with van der Waals surface area (Å²) in [7, 11) is 0. The summed E-state index contributed by atoms with van der Waals surface area (Å²) in [6.07, 6.45) is 4.00. The Bertz CT molecular complexity index is 982. The number of hydrogen-bond acceptors (Lipinski definition) is 3. The molecule has 2 aromatic heterocycles. The van der Waals surface area contributed by atoms with Crippen molar-refractivity contribution in [1.82, 2.24) is 20.6 Å². The molecule has 0 bridgehead atoms. The van der Waals surface area contributed by atoms with E-state index in [1.165, 1.54) is 0 Å². The lowest BCUT2D eigenvalue weighted by Crippen LogP contribution is -2.48. The fourth-order valence-electron chi connectivity index (χ4n) is 2.95. The van der Waals surface area contributed by atoms with Crippen LogP contribution in [0.1, 0.15) is 28.9 Å². The lowest BCUT2D eigenvalue weighted by Gasteiger charge is -2.18. The Kier molecular flexibility index (Phi) is 4.81. The summed E-state index contributed by atoms with van der Waals surface area (Å²) in [5, 5.41) is 6.98. The van der Waals surface area contributed by atoms with Crippen LogP contribution in [0, 0.1) is 0 Å². The van der Waals surface area contributed by atoms with Gasteiger partial charge in [0.2, 0.25) is 5.91 Å². The minimum Gasteiger partial charge on any atom is -0.352 e. The van der Waals surface area contributed by atoms with Gasteiger partial charge in [0, 0.05) is 17.8 Å². The number of carbonyl (C=O) groups excluding carboxylic acids is 2. The number of hydrogen-bond donors (Lipinski definition) is 3. The van der Waals surface area contributed by atoms with Crippen molar-refractivity contribution in [3.8, 4) is 0 Å². The molecule has 1 aliphatic carbocycles. The summed E-state index contributed by atoms with van der Waals surface area (Å²) in [6, 6.07) is 12.6. The monoisotopic (exact) mass is 382 g/mol. The number of aromatic amines is 1. The first-order chi connectivity index (χ1) is 13.1. The topological polar surface area (TPSA) is 86.9 Å². The number of H-pyrrole nitrogens is 1. The summed E-state index contributed by atoms with van der Waals surface area (Å²) in [4.78, 5) is 32.4. The molecule has 1 fully saturated rings. The molecule has 7 heteroatoms. The van der Waals surface area contributed by atoms with E-state index in [1.54, 1.807) is 18.3 Å². The number of rotatable bonds is 6. The molecule has 0 spiro atoms. The second kappa shape index (κ2) is 7.40.